The van der Waals surface area contributed by atoms with Crippen molar-refractivity contribution >= 4 is 16.9 Å². The Bertz CT molecular complexity index is 876. The number of hydrogen-bond donors (Lipinski definition) is 2. The standard InChI is InChI=1S/C16H16FN5O2/c17-10-1-2-12(24-7-9-3-4-23-6-9)11(5-10)14-13-15(18)19-8-20-16(13)22-21-14/h1-2,5,8-9H,3-4,6-7H2,(H3,18,19,20,21,22). The maximum absolute atomic E-state index is 13.8. The minimum atomic E-state index is -0.375. The first-order chi connectivity index (χ1) is 11.7. The molecule has 0 aliphatic carbocycles. The molecule has 2 aromatic heterocycles. The number of ether oxygens (including phenoxy) is 2. The van der Waals surface area contributed by atoms with Crippen LogP contribution >= 0.6 is 0 Å². The normalized spacial score (nSPS) is 17.5. The molecule has 1 aliphatic rings. The van der Waals surface area contributed by atoms with E-state index in [2.05, 4.69) is 20.2 Å². The Labute approximate surface area is 137 Å². The summed E-state index contributed by atoms with van der Waals surface area (Å²) in [6.45, 7) is 1.95. The van der Waals surface area contributed by atoms with Crippen LogP contribution < -0.4 is 10.5 Å². The molecule has 1 aliphatic heterocycles. The molecule has 24 heavy (non-hydrogen) atoms. The molecule has 0 spiro atoms. The second-order valence-electron chi connectivity index (χ2n) is 5.74. The fraction of sp³-hybridized carbons (Fsp3) is 0.312. The van der Waals surface area contributed by atoms with Crippen LogP contribution in [0, 0.1) is 11.7 Å². The van der Waals surface area contributed by atoms with E-state index in [4.69, 9.17) is 15.2 Å². The number of nitrogens with zero attached hydrogens (tertiary/aromatic N) is 3. The van der Waals surface area contributed by atoms with Gasteiger partial charge in [0, 0.05) is 18.1 Å². The van der Waals surface area contributed by atoms with Crippen LogP contribution in [0.25, 0.3) is 22.3 Å². The molecule has 124 valence electrons. The summed E-state index contributed by atoms with van der Waals surface area (Å²) < 4.78 is 25.1. The first kappa shape index (κ1) is 14.8. The molecule has 1 saturated heterocycles. The molecule has 3 aromatic rings. The van der Waals surface area contributed by atoms with Crippen molar-refractivity contribution in [2.45, 2.75) is 6.42 Å². The largest absolute Gasteiger partial charge is 0.493 e. The van der Waals surface area contributed by atoms with E-state index in [0.717, 1.165) is 13.0 Å². The van der Waals surface area contributed by atoms with Gasteiger partial charge >= 0.3 is 0 Å². The summed E-state index contributed by atoms with van der Waals surface area (Å²) in [6, 6.07) is 4.36. The van der Waals surface area contributed by atoms with E-state index in [0.29, 0.717) is 47.2 Å². The molecule has 0 bridgehead atoms. The van der Waals surface area contributed by atoms with Crippen LogP contribution in [-0.2, 0) is 4.74 Å². The predicted molar refractivity (Wildman–Crippen MR) is 85.9 cm³/mol. The lowest BCUT2D eigenvalue weighted by molar-refractivity contribution is 0.167. The molecule has 8 heteroatoms. The van der Waals surface area contributed by atoms with E-state index in [1.165, 1.54) is 18.5 Å². The lowest BCUT2D eigenvalue weighted by atomic mass is 10.1. The van der Waals surface area contributed by atoms with Gasteiger partial charge in [-0.25, -0.2) is 14.4 Å². The zero-order valence-electron chi connectivity index (χ0n) is 12.8. The molecule has 1 unspecified atom stereocenters. The third kappa shape index (κ3) is 2.65. The van der Waals surface area contributed by atoms with Gasteiger partial charge in [-0.15, -0.1) is 0 Å². The van der Waals surface area contributed by atoms with Crippen molar-refractivity contribution in [3.05, 3.63) is 30.3 Å². The van der Waals surface area contributed by atoms with Crippen LogP contribution in [0.3, 0.4) is 0 Å². The van der Waals surface area contributed by atoms with Gasteiger partial charge in [-0.2, -0.15) is 5.10 Å². The van der Waals surface area contributed by atoms with Crippen molar-refractivity contribution in [1.29, 1.82) is 0 Å². The SMILES string of the molecule is Nc1ncnc2n[nH]c(-c3cc(F)ccc3OCC3CCOC3)c12. The Kier molecular flexibility index (Phi) is 3.73. The van der Waals surface area contributed by atoms with Gasteiger partial charge in [0.05, 0.1) is 24.3 Å². The van der Waals surface area contributed by atoms with E-state index in [-0.39, 0.29) is 11.6 Å². The molecule has 1 fully saturated rings. The number of halogens is 1. The third-order valence-corrected chi connectivity index (χ3v) is 4.09. The number of nitrogens with two attached hydrogens (primary N) is 1. The van der Waals surface area contributed by atoms with Crippen molar-refractivity contribution in [2.75, 3.05) is 25.6 Å². The Hall–Kier alpha value is -2.74. The van der Waals surface area contributed by atoms with Crippen molar-refractivity contribution < 1.29 is 13.9 Å². The summed E-state index contributed by atoms with van der Waals surface area (Å²) >= 11 is 0. The van der Waals surface area contributed by atoms with Crippen LogP contribution in [0.4, 0.5) is 10.2 Å². The second kappa shape index (κ2) is 6.04. The molecule has 7 nitrogen and oxygen atoms in total. The van der Waals surface area contributed by atoms with Crippen LogP contribution in [0.5, 0.6) is 5.75 Å². The summed E-state index contributed by atoms with van der Waals surface area (Å²) in [6.07, 6.45) is 2.30. The molecular weight excluding hydrogens is 313 g/mol. The molecule has 0 amide bonds. The van der Waals surface area contributed by atoms with Gasteiger partial charge in [0.2, 0.25) is 0 Å². The van der Waals surface area contributed by atoms with Crippen molar-refractivity contribution in [3.8, 4) is 17.0 Å². The number of rotatable bonds is 4. The Morgan fingerprint density at radius 2 is 2.29 bits per heavy atom. The van der Waals surface area contributed by atoms with Gasteiger partial charge < -0.3 is 15.2 Å². The topological polar surface area (TPSA) is 98.9 Å². The number of benzene rings is 1. The molecule has 3 N–H and O–H groups in total. The number of nitrogen functional groups attached to an aromatic ring is 1. The number of aromatic nitrogens is 4. The second-order valence-corrected chi connectivity index (χ2v) is 5.74. The quantitative estimate of drug-likeness (QED) is 0.761. The van der Waals surface area contributed by atoms with E-state index in [1.807, 2.05) is 0 Å². The first-order valence-electron chi connectivity index (χ1n) is 7.67. The Morgan fingerprint density at radius 1 is 1.38 bits per heavy atom. The first-order valence-corrected chi connectivity index (χ1v) is 7.67. The molecule has 3 heterocycles. The van der Waals surface area contributed by atoms with Crippen molar-refractivity contribution in [1.82, 2.24) is 20.2 Å². The average molecular weight is 329 g/mol. The highest BCUT2D eigenvalue weighted by molar-refractivity contribution is 5.98. The Morgan fingerprint density at radius 3 is 3.12 bits per heavy atom. The maximum Gasteiger partial charge on any atom is 0.186 e. The van der Waals surface area contributed by atoms with Gasteiger partial charge in [0.25, 0.3) is 0 Å². The van der Waals surface area contributed by atoms with Crippen LogP contribution in [0.2, 0.25) is 0 Å². The highest BCUT2D eigenvalue weighted by Crippen LogP contribution is 2.35. The summed E-state index contributed by atoms with van der Waals surface area (Å²) in [5.41, 5.74) is 7.45. The minimum absolute atomic E-state index is 0.281. The summed E-state index contributed by atoms with van der Waals surface area (Å²) in [7, 11) is 0. The maximum atomic E-state index is 13.8. The molecular formula is C16H16FN5O2. The number of fused-ring (bicyclic) bond motifs is 1. The van der Waals surface area contributed by atoms with Gasteiger partial charge in [-0.3, -0.25) is 5.10 Å². The number of aromatic amines is 1. The number of H-pyrrole nitrogens is 1. The van der Waals surface area contributed by atoms with Gasteiger partial charge in [-0.1, -0.05) is 0 Å². The monoisotopic (exact) mass is 329 g/mol. The van der Waals surface area contributed by atoms with Gasteiger partial charge in [-0.05, 0) is 24.6 Å². The fourth-order valence-electron chi connectivity index (χ4n) is 2.82. The lowest BCUT2D eigenvalue weighted by Gasteiger charge is -2.14. The minimum Gasteiger partial charge on any atom is -0.493 e. The van der Waals surface area contributed by atoms with Crippen molar-refractivity contribution in [3.63, 3.8) is 0 Å². The molecule has 4 rings (SSSR count). The van der Waals surface area contributed by atoms with E-state index >= 15 is 0 Å². The molecule has 0 radical (unpaired) electrons. The summed E-state index contributed by atoms with van der Waals surface area (Å²) in [4.78, 5) is 8.05. The number of hydrogen-bond acceptors (Lipinski definition) is 6. The zero-order chi connectivity index (χ0) is 16.5. The smallest absolute Gasteiger partial charge is 0.186 e. The van der Waals surface area contributed by atoms with Crippen LogP contribution in [-0.4, -0.2) is 40.0 Å². The number of nitrogens with one attached hydrogen (secondary N) is 1. The number of anilines is 1. The fourth-order valence-corrected chi connectivity index (χ4v) is 2.82. The van der Waals surface area contributed by atoms with E-state index < -0.39 is 0 Å². The van der Waals surface area contributed by atoms with Crippen molar-refractivity contribution in [2.24, 2.45) is 5.92 Å². The zero-order valence-corrected chi connectivity index (χ0v) is 12.8. The third-order valence-electron chi connectivity index (χ3n) is 4.09. The average Bonchev–Trinajstić information content (AvgIpc) is 3.23. The predicted octanol–water partition coefficient (Wildman–Crippen LogP) is 2.16. The van der Waals surface area contributed by atoms with Gasteiger partial charge in [0.1, 0.15) is 23.7 Å². The highest BCUT2D eigenvalue weighted by Gasteiger charge is 2.20. The lowest BCUT2D eigenvalue weighted by Crippen LogP contribution is -2.12. The van der Waals surface area contributed by atoms with Crippen LogP contribution in [0.15, 0.2) is 24.5 Å². The summed E-state index contributed by atoms with van der Waals surface area (Å²) in [5.74, 6) is 0.801. The summed E-state index contributed by atoms with van der Waals surface area (Å²) in [5, 5.41) is 7.53. The van der Waals surface area contributed by atoms with E-state index in [9.17, 15) is 4.39 Å². The van der Waals surface area contributed by atoms with Crippen LogP contribution in [0.1, 0.15) is 6.42 Å². The van der Waals surface area contributed by atoms with E-state index in [1.54, 1.807) is 6.07 Å². The molecule has 1 aromatic carbocycles. The van der Waals surface area contributed by atoms with Gasteiger partial charge in [0.15, 0.2) is 5.65 Å². The molecule has 1 atom stereocenters. The molecule has 0 saturated carbocycles. The Balaban J connectivity index is 1.74. The highest BCUT2D eigenvalue weighted by atomic mass is 19.1.